The fraction of sp³-hybridized carbons (Fsp3) is 0.286. The van der Waals surface area contributed by atoms with E-state index in [-0.39, 0.29) is 0 Å². The van der Waals surface area contributed by atoms with Crippen molar-refractivity contribution in [3.8, 4) is 5.75 Å². The Bertz CT molecular complexity index is 277. The van der Waals surface area contributed by atoms with E-state index in [4.69, 9.17) is 14.8 Å². The first-order chi connectivity index (χ1) is 5.66. The Morgan fingerprint density at radius 2 is 2.17 bits per heavy atom. The van der Waals surface area contributed by atoms with Crippen molar-refractivity contribution in [2.24, 2.45) is 0 Å². The minimum atomic E-state index is -1.51. The summed E-state index contributed by atoms with van der Waals surface area (Å²) >= 11 is 0. The third-order valence-corrected chi connectivity index (χ3v) is 1.60. The van der Waals surface area contributed by atoms with Crippen molar-refractivity contribution in [1.82, 2.24) is 4.98 Å². The molecule has 64 valence electrons. The van der Waals surface area contributed by atoms with Gasteiger partial charge >= 0.3 is 7.12 Å². The standard InChI is InChI=1S/C7H10BNO3/c1-5-7(12-2)6(8(10)11)3-4-9-5/h3-4,10-11H,1-2H3. The van der Waals surface area contributed by atoms with Crippen molar-refractivity contribution < 1.29 is 14.8 Å². The van der Waals surface area contributed by atoms with Gasteiger partial charge in [0.05, 0.1) is 12.8 Å². The lowest BCUT2D eigenvalue weighted by atomic mass is 9.80. The fourth-order valence-corrected chi connectivity index (χ4v) is 1.04. The van der Waals surface area contributed by atoms with E-state index >= 15 is 0 Å². The van der Waals surface area contributed by atoms with Gasteiger partial charge in [0.1, 0.15) is 5.75 Å². The molecule has 0 fully saturated rings. The van der Waals surface area contributed by atoms with Crippen molar-refractivity contribution >= 4 is 12.6 Å². The van der Waals surface area contributed by atoms with Crippen LogP contribution in [0.1, 0.15) is 5.69 Å². The number of methoxy groups -OCH3 is 1. The SMILES string of the molecule is COc1c(B(O)O)ccnc1C. The Labute approximate surface area is 71.0 Å². The van der Waals surface area contributed by atoms with Crippen LogP contribution in [0.4, 0.5) is 0 Å². The monoisotopic (exact) mass is 167 g/mol. The van der Waals surface area contributed by atoms with E-state index in [1.165, 1.54) is 19.4 Å². The predicted octanol–water partition coefficient (Wildman–Crippen LogP) is -0.922. The molecule has 5 heteroatoms. The van der Waals surface area contributed by atoms with Crippen molar-refractivity contribution in [2.45, 2.75) is 6.92 Å². The van der Waals surface area contributed by atoms with Crippen LogP contribution < -0.4 is 10.2 Å². The topological polar surface area (TPSA) is 62.6 Å². The van der Waals surface area contributed by atoms with E-state index in [2.05, 4.69) is 4.98 Å². The Kier molecular flexibility index (Phi) is 2.67. The number of hydrogen-bond donors (Lipinski definition) is 2. The van der Waals surface area contributed by atoms with E-state index in [1.807, 2.05) is 0 Å². The maximum Gasteiger partial charge on any atom is 0.492 e. The molecule has 1 aromatic heterocycles. The molecule has 0 unspecified atom stereocenters. The van der Waals surface area contributed by atoms with Crippen molar-refractivity contribution in [3.05, 3.63) is 18.0 Å². The predicted molar refractivity (Wildman–Crippen MR) is 45.4 cm³/mol. The van der Waals surface area contributed by atoms with Gasteiger partial charge in [-0.05, 0) is 13.0 Å². The van der Waals surface area contributed by atoms with Gasteiger partial charge in [-0.2, -0.15) is 0 Å². The molecule has 1 rings (SSSR count). The number of ether oxygens (including phenoxy) is 1. The number of rotatable bonds is 2. The maximum absolute atomic E-state index is 8.91. The van der Waals surface area contributed by atoms with Gasteiger partial charge in [-0.25, -0.2) is 0 Å². The summed E-state index contributed by atoms with van der Waals surface area (Å²) in [6.07, 6.45) is 1.51. The summed E-state index contributed by atoms with van der Waals surface area (Å²) in [5, 5.41) is 17.8. The van der Waals surface area contributed by atoms with Gasteiger partial charge in [-0.15, -0.1) is 0 Å². The second-order valence-corrected chi connectivity index (χ2v) is 2.39. The first-order valence-electron chi connectivity index (χ1n) is 3.52. The van der Waals surface area contributed by atoms with E-state index < -0.39 is 7.12 Å². The first kappa shape index (κ1) is 9.03. The number of aromatic nitrogens is 1. The molecule has 0 radical (unpaired) electrons. The van der Waals surface area contributed by atoms with E-state index in [9.17, 15) is 0 Å². The van der Waals surface area contributed by atoms with Gasteiger partial charge in [-0.1, -0.05) is 0 Å². The highest BCUT2D eigenvalue weighted by molar-refractivity contribution is 6.59. The third kappa shape index (κ3) is 1.57. The Balaban J connectivity index is 3.18. The molecular formula is C7H10BNO3. The molecule has 12 heavy (non-hydrogen) atoms. The number of hydrogen-bond acceptors (Lipinski definition) is 4. The van der Waals surface area contributed by atoms with Crippen LogP contribution in [-0.2, 0) is 0 Å². The first-order valence-corrected chi connectivity index (χ1v) is 3.52. The molecule has 0 saturated carbocycles. The zero-order valence-electron chi connectivity index (χ0n) is 6.98. The van der Waals surface area contributed by atoms with Gasteiger partial charge in [0, 0.05) is 11.7 Å². The fourth-order valence-electron chi connectivity index (χ4n) is 1.04. The number of pyridine rings is 1. The van der Waals surface area contributed by atoms with Crippen LogP contribution >= 0.6 is 0 Å². The third-order valence-electron chi connectivity index (χ3n) is 1.60. The highest BCUT2D eigenvalue weighted by Gasteiger charge is 2.18. The van der Waals surface area contributed by atoms with Crippen molar-refractivity contribution in [2.75, 3.05) is 7.11 Å². The number of aryl methyl sites for hydroxylation is 1. The zero-order chi connectivity index (χ0) is 9.14. The molecule has 0 amide bonds. The van der Waals surface area contributed by atoms with Crippen molar-refractivity contribution in [3.63, 3.8) is 0 Å². The Hall–Kier alpha value is -1.07. The van der Waals surface area contributed by atoms with Gasteiger partial charge in [0.25, 0.3) is 0 Å². The minimum absolute atomic E-state index is 0.338. The largest absolute Gasteiger partial charge is 0.495 e. The highest BCUT2D eigenvalue weighted by atomic mass is 16.5. The molecule has 1 heterocycles. The average Bonchev–Trinajstić information content (AvgIpc) is 2.03. The summed E-state index contributed by atoms with van der Waals surface area (Å²) < 4.78 is 4.95. The molecule has 0 aliphatic heterocycles. The second-order valence-electron chi connectivity index (χ2n) is 2.39. The van der Waals surface area contributed by atoms with Crippen LogP contribution in [0, 0.1) is 6.92 Å². The smallest absolute Gasteiger partial charge is 0.492 e. The molecule has 0 spiro atoms. The summed E-state index contributed by atoms with van der Waals surface area (Å²) in [5.74, 6) is 0.424. The Morgan fingerprint density at radius 3 is 2.58 bits per heavy atom. The molecule has 0 aromatic carbocycles. The molecule has 2 N–H and O–H groups in total. The second kappa shape index (κ2) is 3.56. The van der Waals surface area contributed by atoms with Crippen LogP contribution in [-0.4, -0.2) is 29.3 Å². The molecule has 0 bridgehead atoms. The van der Waals surface area contributed by atoms with Crippen LogP contribution in [0.15, 0.2) is 12.3 Å². The molecule has 0 atom stereocenters. The molecule has 4 nitrogen and oxygen atoms in total. The lowest BCUT2D eigenvalue weighted by molar-refractivity contribution is 0.399. The summed E-state index contributed by atoms with van der Waals surface area (Å²) in [6.45, 7) is 1.74. The average molecular weight is 167 g/mol. The van der Waals surface area contributed by atoms with Crippen molar-refractivity contribution in [1.29, 1.82) is 0 Å². The molecule has 0 aliphatic rings. The summed E-state index contributed by atoms with van der Waals surface area (Å²) in [4.78, 5) is 3.95. The molecule has 0 saturated heterocycles. The lowest BCUT2D eigenvalue weighted by Crippen LogP contribution is -2.31. The van der Waals surface area contributed by atoms with Gasteiger partial charge < -0.3 is 14.8 Å². The van der Waals surface area contributed by atoms with Crippen LogP contribution in [0.5, 0.6) is 5.75 Å². The van der Waals surface area contributed by atoms with Gasteiger partial charge in [-0.3, -0.25) is 4.98 Å². The van der Waals surface area contributed by atoms with Crippen LogP contribution in [0.2, 0.25) is 0 Å². The molecule has 1 aromatic rings. The summed E-state index contributed by atoms with van der Waals surface area (Å²) in [6, 6.07) is 1.51. The minimum Gasteiger partial charge on any atom is -0.495 e. The summed E-state index contributed by atoms with van der Waals surface area (Å²) in [5.41, 5.74) is 0.980. The number of nitrogens with zero attached hydrogens (tertiary/aromatic N) is 1. The van der Waals surface area contributed by atoms with E-state index in [0.717, 1.165) is 0 Å². The Morgan fingerprint density at radius 1 is 1.50 bits per heavy atom. The van der Waals surface area contributed by atoms with E-state index in [1.54, 1.807) is 6.92 Å². The van der Waals surface area contributed by atoms with Crippen LogP contribution in [0.25, 0.3) is 0 Å². The van der Waals surface area contributed by atoms with Gasteiger partial charge in [0.15, 0.2) is 0 Å². The molecule has 0 aliphatic carbocycles. The van der Waals surface area contributed by atoms with Gasteiger partial charge in [0.2, 0.25) is 0 Å². The lowest BCUT2D eigenvalue weighted by Gasteiger charge is -2.08. The summed E-state index contributed by atoms with van der Waals surface area (Å²) in [7, 11) is -0.0442. The van der Waals surface area contributed by atoms with E-state index in [0.29, 0.717) is 16.9 Å². The maximum atomic E-state index is 8.91. The highest BCUT2D eigenvalue weighted by Crippen LogP contribution is 2.10. The van der Waals surface area contributed by atoms with Crippen LogP contribution in [0.3, 0.4) is 0 Å². The zero-order valence-corrected chi connectivity index (χ0v) is 6.98. The quantitative estimate of drug-likeness (QED) is 0.559. The normalized spacial score (nSPS) is 9.67. The molecular weight excluding hydrogens is 157 g/mol.